The van der Waals surface area contributed by atoms with Gasteiger partial charge in [-0.25, -0.2) is 0 Å². The van der Waals surface area contributed by atoms with Crippen molar-refractivity contribution in [1.82, 2.24) is 0 Å². The Bertz CT molecular complexity index is 2410. The molecule has 1 heterocycles. The number of allylic oxidation sites excluding steroid dienone is 15. The van der Waals surface area contributed by atoms with E-state index in [0.717, 1.165) is 0 Å². The number of benzene rings is 4. The molecule has 0 saturated carbocycles. The Morgan fingerprint density at radius 3 is 1.94 bits per heavy atom. The first-order valence-corrected chi connectivity index (χ1v) is 19.0. The summed E-state index contributed by atoms with van der Waals surface area (Å²) in [4.78, 5) is 2.53. The van der Waals surface area contributed by atoms with Gasteiger partial charge in [-0.2, -0.15) is 0 Å². The average molecular weight is 670 g/mol. The van der Waals surface area contributed by atoms with Gasteiger partial charge < -0.3 is 4.90 Å². The molecule has 0 N–H and O–H groups in total. The molecule has 11 rings (SSSR count). The van der Waals surface area contributed by atoms with Crippen molar-refractivity contribution in [3.8, 4) is 22.3 Å². The molecule has 2 heteroatoms. The quantitative estimate of drug-likeness (QED) is 0.213. The molecule has 4 atom stereocenters. The Morgan fingerprint density at radius 2 is 1.16 bits per heavy atom. The summed E-state index contributed by atoms with van der Waals surface area (Å²) < 4.78 is 0. The zero-order chi connectivity index (χ0) is 33.5. The zero-order valence-corrected chi connectivity index (χ0v) is 28.9. The van der Waals surface area contributed by atoms with Crippen LogP contribution in [0.2, 0.25) is 0 Å². The molecule has 0 aromatic heterocycles. The molecule has 7 aliphatic rings. The van der Waals surface area contributed by atoms with E-state index in [-0.39, 0.29) is 17.3 Å². The lowest BCUT2D eigenvalue weighted by atomic mass is 9.62. The molecule has 4 unspecified atom stereocenters. The third-order valence-electron chi connectivity index (χ3n) is 11.9. The number of rotatable bonds is 4. The molecule has 1 spiro atoms. The van der Waals surface area contributed by atoms with Crippen molar-refractivity contribution in [2.24, 2.45) is 11.8 Å². The van der Waals surface area contributed by atoms with E-state index in [4.69, 9.17) is 0 Å². The highest BCUT2D eigenvalue weighted by molar-refractivity contribution is 8.01. The molecule has 4 aromatic carbocycles. The van der Waals surface area contributed by atoms with Gasteiger partial charge in [0.2, 0.25) is 0 Å². The summed E-state index contributed by atoms with van der Waals surface area (Å²) in [5, 5.41) is 0.703. The van der Waals surface area contributed by atoms with Crippen molar-refractivity contribution in [2.75, 3.05) is 4.90 Å². The van der Waals surface area contributed by atoms with Crippen molar-refractivity contribution in [1.29, 1.82) is 0 Å². The lowest BCUT2D eigenvalue weighted by Gasteiger charge is -2.40. The molecule has 0 bridgehead atoms. The van der Waals surface area contributed by atoms with Crippen LogP contribution in [0.15, 0.2) is 222 Å². The van der Waals surface area contributed by atoms with Gasteiger partial charge in [0.05, 0.1) is 10.9 Å². The molecule has 1 aliphatic heterocycles. The minimum Gasteiger partial charge on any atom is -0.310 e. The molecular formula is C49H35NS. The third-order valence-corrected chi connectivity index (χ3v) is 13.3. The van der Waals surface area contributed by atoms with Crippen molar-refractivity contribution in [3.05, 3.63) is 233 Å². The first-order chi connectivity index (χ1) is 25.3. The summed E-state index contributed by atoms with van der Waals surface area (Å²) in [7, 11) is 0. The van der Waals surface area contributed by atoms with Crippen LogP contribution in [0.1, 0.15) is 11.1 Å². The fraction of sp³-hybridized carbons (Fsp3) is 0.102. The van der Waals surface area contributed by atoms with Crippen LogP contribution >= 0.6 is 11.8 Å². The highest BCUT2D eigenvalue weighted by atomic mass is 32.2. The number of hydrogen-bond acceptors (Lipinski definition) is 2. The Hall–Kier alpha value is -5.57. The maximum absolute atomic E-state index is 2.53. The molecule has 4 aromatic rings. The highest BCUT2D eigenvalue weighted by Gasteiger charge is 2.58. The van der Waals surface area contributed by atoms with Crippen LogP contribution in [0.4, 0.5) is 5.69 Å². The largest absolute Gasteiger partial charge is 0.310 e. The predicted molar refractivity (Wildman–Crippen MR) is 214 cm³/mol. The second-order valence-electron chi connectivity index (χ2n) is 14.3. The second-order valence-corrected chi connectivity index (χ2v) is 15.6. The van der Waals surface area contributed by atoms with E-state index in [1.165, 1.54) is 72.8 Å². The van der Waals surface area contributed by atoms with E-state index >= 15 is 0 Å². The Labute approximate surface area is 304 Å². The molecular weight excluding hydrogens is 635 g/mol. The molecule has 0 radical (unpaired) electrons. The summed E-state index contributed by atoms with van der Waals surface area (Å²) in [6, 6.07) is 38.2. The lowest BCUT2D eigenvalue weighted by molar-refractivity contribution is 0.404. The van der Waals surface area contributed by atoms with Gasteiger partial charge in [-0.05, 0) is 86.0 Å². The fourth-order valence-corrected chi connectivity index (χ4v) is 11.3. The average Bonchev–Trinajstić information content (AvgIpc) is 3.83. The summed E-state index contributed by atoms with van der Waals surface area (Å²) in [6.07, 6.45) is 32.9. The number of hydrogen-bond donors (Lipinski definition) is 0. The minimum atomic E-state index is -0.184. The van der Waals surface area contributed by atoms with Gasteiger partial charge in [-0.1, -0.05) is 158 Å². The standard InChI is InChI=1S/C49H35NS/c1-2-13-32(14-3-1)33-25-27-34(28-26-33)50(45-22-12-24-47-48(45)39-18-7-11-23-46(39)51-47)35-29-30-44-40(31-35)38-17-6-10-21-43(38)49(44)41-19-8-4-15-36(41)37-16-5-9-20-42(37)49/h1-31,43-44,46-47H. The van der Waals surface area contributed by atoms with E-state index in [2.05, 4.69) is 193 Å². The van der Waals surface area contributed by atoms with E-state index < -0.39 is 0 Å². The maximum Gasteiger partial charge on any atom is 0.0513 e. The van der Waals surface area contributed by atoms with Crippen molar-refractivity contribution in [3.63, 3.8) is 0 Å². The van der Waals surface area contributed by atoms with Crippen molar-refractivity contribution in [2.45, 2.75) is 15.9 Å². The number of nitrogens with zero attached hydrogens (tertiary/aromatic N) is 1. The molecule has 0 saturated heterocycles. The topological polar surface area (TPSA) is 3.24 Å². The van der Waals surface area contributed by atoms with Crippen LogP contribution in [0.5, 0.6) is 0 Å². The van der Waals surface area contributed by atoms with E-state index in [9.17, 15) is 0 Å². The molecule has 1 nitrogen and oxygen atoms in total. The molecule has 6 aliphatic carbocycles. The number of anilines is 1. The number of thioether (sulfide) groups is 1. The van der Waals surface area contributed by atoms with E-state index in [1.54, 1.807) is 0 Å². The highest BCUT2D eigenvalue weighted by Crippen LogP contribution is 2.65. The van der Waals surface area contributed by atoms with Crippen LogP contribution in [-0.4, -0.2) is 10.5 Å². The first-order valence-electron chi connectivity index (χ1n) is 18.1. The van der Waals surface area contributed by atoms with Crippen LogP contribution < -0.4 is 4.90 Å². The van der Waals surface area contributed by atoms with Crippen LogP contribution in [0, 0.1) is 11.8 Å². The van der Waals surface area contributed by atoms with E-state index in [0.29, 0.717) is 10.5 Å². The van der Waals surface area contributed by atoms with Gasteiger partial charge in [-0.3, -0.25) is 0 Å². The molecule has 0 amide bonds. The minimum absolute atomic E-state index is 0.184. The second kappa shape index (κ2) is 11.2. The normalized spacial score (nSPS) is 24.9. The monoisotopic (exact) mass is 669 g/mol. The van der Waals surface area contributed by atoms with Gasteiger partial charge in [0.25, 0.3) is 0 Å². The smallest absolute Gasteiger partial charge is 0.0513 e. The van der Waals surface area contributed by atoms with Gasteiger partial charge in [0.15, 0.2) is 0 Å². The van der Waals surface area contributed by atoms with Crippen LogP contribution in [-0.2, 0) is 5.41 Å². The van der Waals surface area contributed by atoms with Crippen molar-refractivity contribution >= 4 is 17.4 Å². The fourth-order valence-electron chi connectivity index (χ4n) is 9.88. The van der Waals surface area contributed by atoms with Gasteiger partial charge in [-0.15, -0.1) is 11.8 Å². The summed E-state index contributed by atoms with van der Waals surface area (Å²) >= 11 is 2.04. The number of fused-ring (bicyclic) bond motifs is 11. The van der Waals surface area contributed by atoms with Gasteiger partial charge in [0.1, 0.15) is 0 Å². The van der Waals surface area contributed by atoms with Crippen LogP contribution in [0.3, 0.4) is 0 Å². The Kier molecular flexibility index (Phi) is 6.42. The van der Waals surface area contributed by atoms with Gasteiger partial charge in [0, 0.05) is 33.9 Å². The SMILES string of the molecule is C1=CC2=C3C(N(C4=CC5=C6C=CC=CC6C6(c7ccccc7-c7ccccc76)C5C=C4)c4ccc(-c5ccccc5)cc4)=CC=CC3SC2C=C1. The zero-order valence-electron chi connectivity index (χ0n) is 28.1. The molecule has 51 heavy (non-hydrogen) atoms. The Morgan fingerprint density at radius 1 is 0.510 bits per heavy atom. The Balaban J connectivity index is 1.10. The first kappa shape index (κ1) is 29.2. The summed E-state index contributed by atoms with van der Waals surface area (Å²) in [6.45, 7) is 0. The third kappa shape index (κ3) is 4.11. The molecule has 0 fully saturated rings. The van der Waals surface area contributed by atoms with Gasteiger partial charge >= 0.3 is 0 Å². The summed E-state index contributed by atoms with van der Waals surface area (Å²) in [5.41, 5.74) is 17.3. The summed E-state index contributed by atoms with van der Waals surface area (Å²) in [5.74, 6) is 0.469. The lowest BCUT2D eigenvalue weighted by Crippen LogP contribution is -2.38. The van der Waals surface area contributed by atoms with E-state index in [1.807, 2.05) is 11.8 Å². The van der Waals surface area contributed by atoms with Crippen molar-refractivity contribution < 1.29 is 0 Å². The maximum atomic E-state index is 2.53. The molecule has 242 valence electrons. The van der Waals surface area contributed by atoms with Crippen LogP contribution in [0.25, 0.3) is 22.3 Å². The predicted octanol–water partition coefficient (Wildman–Crippen LogP) is 11.6.